The lowest BCUT2D eigenvalue weighted by atomic mass is 10.1. The van der Waals surface area contributed by atoms with Gasteiger partial charge in [0.15, 0.2) is 0 Å². The Labute approximate surface area is 188 Å². The summed E-state index contributed by atoms with van der Waals surface area (Å²) in [4.78, 5) is 12.9. The SMILES string of the molecule is CC(C)=CC=C(C)C.CCC.CCCCCCc1ccc(N(C=O)CCCC)cc1. The largest absolute Gasteiger partial charge is 0.315 e. The van der Waals surface area contributed by atoms with Crippen LogP contribution >= 0.6 is 0 Å². The Kier molecular flexibility index (Phi) is 22.1. The molecule has 0 fully saturated rings. The van der Waals surface area contributed by atoms with Crippen LogP contribution < -0.4 is 4.90 Å². The summed E-state index contributed by atoms with van der Waals surface area (Å²) >= 11 is 0. The van der Waals surface area contributed by atoms with Gasteiger partial charge in [-0.2, -0.15) is 0 Å². The predicted molar refractivity (Wildman–Crippen MR) is 137 cm³/mol. The smallest absolute Gasteiger partial charge is 0.214 e. The van der Waals surface area contributed by atoms with E-state index in [0.29, 0.717) is 0 Å². The van der Waals surface area contributed by atoms with Gasteiger partial charge >= 0.3 is 0 Å². The highest BCUT2D eigenvalue weighted by atomic mass is 16.1. The van der Waals surface area contributed by atoms with Crippen LogP contribution in [0.4, 0.5) is 5.69 Å². The highest BCUT2D eigenvalue weighted by molar-refractivity contribution is 5.74. The number of benzene rings is 1. The first kappa shape index (κ1) is 30.4. The lowest BCUT2D eigenvalue weighted by molar-refractivity contribution is -0.107. The molecule has 0 aliphatic rings. The molecule has 1 aromatic carbocycles. The number of amides is 1. The van der Waals surface area contributed by atoms with Crippen molar-refractivity contribution in [1.82, 2.24) is 0 Å². The van der Waals surface area contributed by atoms with Crippen molar-refractivity contribution < 1.29 is 4.79 Å². The van der Waals surface area contributed by atoms with Crippen molar-refractivity contribution in [2.75, 3.05) is 11.4 Å². The molecule has 1 rings (SSSR count). The molecular formula is C28H49NO. The molecule has 172 valence electrons. The van der Waals surface area contributed by atoms with Crippen LogP contribution in [-0.4, -0.2) is 13.0 Å². The molecule has 1 amide bonds. The van der Waals surface area contributed by atoms with E-state index in [2.05, 4.69) is 91.8 Å². The zero-order valence-corrected chi connectivity index (χ0v) is 21.3. The summed E-state index contributed by atoms with van der Waals surface area (Å²) in [7, 11) is 0. The van der Waals surface area contributed by atoms with E-state index < -0.39 is 0 Å². The summed E-state index contributed by atoms with van der Waals surface area (Å²) in [5.41, 5.74) is 5.10. The van der Waals surface area contributed by atoms with E-state index >= 15 is 0 Å². The molecule has 0 aromatic heterocycles. The van der Waals surface area contributed by atoms with Crippen molar-refractivity contribution in [1.29, 1.82) is 0 Å². The van der Waals surface area contributed by atoms with E-state index in [1.165, 1.54) is 48.8 Å². The standard InChI is InChI=1S/C17H27NO.C8H14.C3H8/c1-3-5-7-8-9-16-10-12-17(13-11-16)18(15-19)14-6-4-2;1-7(2)5-6-8(3)4;1-3-2/h10-13,15H,3-9,14H2,1-2H3;5-6H,1-4H3;3H2,1-2H3. The zero-order valence-electron chi connectivity index (χ0n) is 21.3. The average molecular weight is 416 g/mol. The molecule has 0 bridgehead atoms. The molecule has 0 radical (unpaired) electrons. The molecule has 0 atom stereocenters. The fraction of sp³-hybridized carbons (Fsp3) is 0.607. The maximum absolute atomic E-state index is 11.1. The first-order valence-corrected chi connectivity index (χ1v) is 11.9. The molecule has 0 aliphatic heterocycles. The molecule has 0 saturated heterocycles. The minimum Gasteiger partial charge on any atom is -0.315 e. The first-order valence-electron chi connectivity index (χ1n) is 11.9. The van der Waals surface area contributed by atoms with Gasteiger partial charge in [0.05, 0.1) is 0 Å². The lowest BCUT2D eigenvalue weighted by Crippen LogP contribution is -2.22. The van der Waals surface area contributed by atoms with Crippen molar-refractivity contribution in [3.8, 4) is 0 Å². The summed E-state index contributed by atoms with van der Waals surface area (Å²) in [6.45, 7) is 17.8. The summed E-state index contributed by atoms with van der Waals surface area (Å²) in [6.07, 6.45) is 14.9. The van der Waals surface area contributed by atoms with Gasteiger partial charge in [-0.25, -0.2) is 0 Å². The number of unbranched alkanes of at least 4 members (excludes halogenated alkanes) is 4. The van der Waals surface area contributed by atoms with Crippen molar-refractivity contribution in [2.24, 2.45) is 0 Å². The van der Waals surface area contributed by atoms with Gasteiger partial charge in [-0.3, -0.25) is 4.79 Å². The normalized spacial score (nSPS) is 9.33. The fourth-order valence-corrected chi connectivity index (χ4v) is 2.51. The molecule has 2 heteroatoms. The Bertz CT molecular complexity index is 545. The molecule has 0 aliphatic carbocycles. The highest BCUT2D eigenvalue weighted by Gasteiger charge is 2.04. The molecule has 0 unspecified atom stereocenters. The van der Waals surface area contributed by atoms with Crippen LogP contribution in [0.5, 0.6) is 0 Å². The number of rotatable bonds is 11. The van der Waals surface area contributed by atoms with Gasteiger partial charge < -0.3 is 4.90 Å². The van der Waals surface area contributed by atoms with Crippen LogP contribution in [0.3, 0.4) is 0 Å². The van der Waals surface area contributed by atoms with Crippen LogP contribution in [0.25, 0.3) is 0 Å². The molecule has 2 nitrogen and oxygen atoms in total. The monoisotopic (exact) mass is 415 g/mol. The summed E-state index contributed by atoms with van der Waals surface area (Å²) in [6, 6.07) is 8.45. The molecule has 30 heavy (non-hydrogen) atoms. The van der Waals surface area contributed by atoms with Gasteiger partial charge in [-0.1, -0.05) is 95.2 Å². The van der Waals surface area contributed by atoms with Crippen LogP contribution in [0.15, 0.2) is 47.6 Å². The average Bonchev–Trinajstić information content (AvgIpc) is 2.72. The third-order valence-corrected chi connectivity index (χ3v) is 4.22. The number of aryl methyl sites for hydroxylation is 1. The third kappa shape index (κ3) is 19.5. The predicted octanol–water partition coefficient (Wildman–Crippen LogP) is 8.91. The Morgan fingerprint density at radius 2 is 1.27 bits per heavy atom. The second kappa shape index (κ2) is 21.9. The van der Waals surface area contributed by atoms with Gasteiger partial charge in [-0.05, 0) is 64.7 Å². The Morgan fingerprint density at radius 1 is 0.767 bits per heavy atom. The van der Waals surface area contributed by atoms with Crippen LogP contribution in [-0.2, 0) is 11.2 Å². The van der Waals surface area contributed by atoms with E-state index in [1.54, 1.807) is 4.90 Å². The van der Waals surface area contributed by atoms with Crippen LogP contribution in [0.1, 0.15) is 106 Å². The lowest BCUT2D eigenvalue weighted by Gasteiger charge is -2.17. The van der Waals surface area contributed by atoms with E-state index in [-0.39, 0.29) is 0 Å². The Morgan fingerprint density at radius 3 is 1.67 bits per heavy atom. The quantitative estimate of drug-likeness (QED) is 0.201. The number of hydrogen-bond donors (Lipinski definition) is 0. The molecule has 0 heterocycles. The molecule has 0 N–H and O–H groups in total. The zero-order chi connectivity index (χ0) is 23.2. The number of anilines is 1. The van der Waals surface area contributed by atoms with Crippen molar-refractivity contribution >= 4 is 12.1 Å². The number of carbonyl (C=O) groups excluding carboxylic acids is 1. The second-order valence-corrected chi connectivity index (χ2v) is 8.32. The van der Waals surface area contributed by atoms with Gasteiger partial charge in [-0.15, -0.1) is 0 Å². The maximum Gasteiger partial charge on any atom is 0.214 e. The highest BCUT2D eigenvalue weighted by Crippen LogP contribution is 2.16. The molecular weight excluding hydrogens is 366 g/mol. The summed E-state index contributed by atoms with van der Waals surface area (Å²) in [5.74, 6) is 0. The maximum atomic E-state index is 11.1. The van der Waals surface area contributed by atoms with Gasteiger partial charge in [0.25, 0.3) is 0 Å². The molecule has 0 spiro atoms. The first-order chi connectivity index (χ1) is 14.4. The topological polar surface area (TPSA) is 20.3 Å². The molecule has 0 saturated carbocycles. The van der Waals surface area contributed by atoms with E-state index in [1.807, 2.05) is 0 Å². The van der Waals surface area contributed by atoms with E-state index in [0.717, 1.165) is 37.9 Å². The minimum absolute atomic E-state index is 0.815. The molecule has 1 aromatic rings. The number of nitrogens with zero attached hydrogens (tertiary/aromatic N) is 1. The van der Waals surface area contributed by atoms with Crippen molar-refractivity contribution in [2.45, 2.75) is 107 Å². The van der Waals surface area contributed by atoms with Gasteiger partial charge in [0.1, 0.15) is 0 Å². The summed E-state index contributed by atoms with van der Waals surface area (Å²) < 4.78 is 0. The van der Waals surface area contributed by atoms with E-state index in [4.69, 9.17) is 0 Å². The van der Waals surface area contributed by atoms with Gasteiger partial charge in [0, 0.05) is 12.2 Å². The van der Waals surface area contributed by atoms with Crippen LogP contribution in [0, 0.1) is 0 Å². The Hall–Kier alpha value is -1.83. The van der Waals surface area contributed by atoms with Crippen molar-refractivity contribution in [3.05, 3.63) is 53.1 Å². The second-order valence-electron chi connectivity index (χ2n) is 8.32. The minimum atomic E-state index is 0.815. The third-order valence-electron chi connectivity index (χ3n) is 4.22. The van der Waals surface area contributed by atoms with E-state index in [9.17, 15) is 4.79 Å². The van der Waals surface area contributed by atoms with Crippen molar-refractivity contribution in [3.63, 3.8) is 0 Å². The number of hydrogen-bond acceptors (Lipinski definition) is 1. The van der Waals surface area contributed by atoms with Gasteiger partial charge in [0.2, 0.25) is 6.41 Å². The summed E-state index contributed by atoms with van der Waals surface area (Å²) in [5, 5.41) is 0. The fourth-order valence-electron chi connectivity index (χ4n) is 2.51. The Balaban J connectivity index is 0. The number of allylic oxidation sites excluding steroid dienone is 4. The van der Waals surface area contributed by atoms with Crippen LogP contribution in [0.2, 0.25) is 0 Å². The number of carbonyl (C=O) groups is 1.